The van der Waals surface area contributed by atoms with Gasteiger partial charge in [0.1, 0.15) is 13.2 Å². The Morgan fingerprint density at radius 3 is 1.13 bits per heavy atom. The maximum Gasteiger partial charge on any atom is 0.306 e. The zero-order valence-corrected chi connectivity index (χ0v) is 44.5. The lowest BCUT2D eigenvalue weighted by molar-refractivity contribution is -0.166. The molecule has 69 heavy (non-hydrogen) atoms. The molecule has 0 aliphatic rings. The summed E-state index contributed by atoms with van der Waals surface area (Å²) in [4.78, 5) is 38.1. The van der Waals surface area contributed by atoms with Crippen LogP contribution in [0.5, 0.6) is 0 Å². The fraction of sp³-hybridized carbons (Fsp3) is 0.635. The van der Waals surface area contributed by atoms with Gasteiger partial charge in [0.25, 0.3) is 0 Å². The van der Waals surface area contributed by atoms with E-state index in [9.17, 15) is 14.4 Å². The number of hydrogen-bond donors (Lipinski definition) is 0. The van der Waals surface area contributed by atoms with Gasteiger partial charge in [0.05, 0.1) is 0 Å². The third-order valence-electron chi connectivity index (χ3n) is 11.6. The van der Waals surface area contributed by atoms with Crippen molar-refractivity contribution >= 4 is 17.9 Å². The van der Waals surface area contributed by atoms with Gasteiger partial charge in [0, 0.05) is 19.3 Å². The second kappa shape index (κ2) is 56.4. The van der Waals surface area contributed by atoms with Gasteiger partial charge in [-0.15, -0.1) is 0 Å². The molecule has 0 amide bonds. The molecule has 1 atom stereocenters. The lowest BCUT2D eigenvalue weighted by Crippen LogP contribution is -2.30. The van der Waals surface area contributed by atoms with Crippen molar-refractivity contribution in [3.63, 3.8) is 0 Å². The molecule has 6 heteroatoms. The molecule has 0 aliphatic carbocycles. The molecule has 390 valence electrons. The van der Waals surface area contributed by atoms with E-state index in [1.54, 1.807) is 0 Å². The summed E-state index contributed by atoms with van der Waals surface area (Å²) in [7, 11) is 0. The molecule has 0 aromatic rings. The van der Waals surface area contributed by atoms with Crippen molar-refractivity contribution in [3.8, 4) is 0 Å². The molecule has 0 heterocycles. The summed E-state index contributed by atoms with van der Waals surface area (Å²) in [5.41, 5.74) is 0. The molecule has 0 spiro atoms. The first-order chi connectivity index (χ1) is 34.0. The van der Waals surface area contributed by atoms with Crippen LogP contribution in [0.4, 0.5) is 0 Å². The lowest BCUT2D eigenvalue weighted by Gasteiger charge is -2.18. The minimum atomic E-state index is -0.821. The van der Waals surface area contributed by atoms with Crippen LogP contribution in [-0.4, -0.2) is 37.2 Å². The van der Waals surface area contributed by atoms with Gasteiger partial charge < -0.3 is 14.2 Å². The maximum atomic E-state index is 12.9. The Morgan fingerprint density at radius 1 is 0.319 bits per heavy atom. The van der Waals surface area contributed by atoms with Gasteiger partial charge in [-0.2, -0.15) is 0 Å². The first-order valence-corrected chi connectivity index (χ1v) is 28.1. The summed E-state index contributed by atoms with van der Waals surface area (Å²) in [6.45, 7) is 6.35. The molecular formula is C63H102O6. The highest BCUT2D eigenvalue weighted by atomic mass is 16.6. The van der Waals surface area contributed by atoms with E-state index in [0.29, 0.717) is 19.3 Å². The van der Waals surface area contributed by atoms with E-state index < -0.39 is 6.10 Å². The molecule has 0 radical (unpaired) electrons. The van der Waals surface area contributed by atoms with E-state index in [2.05, 4.69) is 112 Å². The third-order valence-corrected chi connectivity index (χ3v) is 11.6. The number of ether oxygens (including phenoxy) is 3. The van der Waals surface area contributed by atoms with Gasteiger partial charge in [0.2, 0.25) is 0 Å². The summed E-state index contributed by atoms with van der Waals surface area (Å²) in [6, 6.07) is 0. The van der Waals surface area contributed by atoms with Crippen molar-refractivity contribution < 1.29 is 28.6 Å². The van der Waals surface area contributed by atoms with Crippen LogP contribution in [0.15, 0.2) is 122 Å². The van der Waals surface area contributed by atoms with Crippen LogP contribution in [-0.2, 0) is 28.6 Å². The van der Waals surface area contributed by atoms with E-state index in [-0.39, 0.29) is 37.5 Å². The second-order valence-electron chi connectivity index (χ2n) is 18.2. The van der Waals surface area contributed by atoms with Crippen LogP contribution >= 0.6 is 0 Å². The molecule has 0 fully saturated rings. The standard InChI is InChI=1S/C63H102O6/c1-4-7-10-13-16-19-22-25-28-31-33-35-38-41-44-47-50-53-56-62(65)68-59-60(58-67-61(64)55-52-49-46-43-40-37-34-30-27-24-21-18-15-12-9-6-3)69-63(66)57-54-51-48-45-42-39-36-32-29-26-23-20-17-14-11-8-5-2/h9-10,12-13,16,18-19,21-22,25,27-28,30-31,33,35,37,40,46,49,60H,4-8,11,14-15,17,20,23-24,26,29,32,34,36,38-39,41-45,47-48,50-59H2,1-3H3/b12-9-,13-10-,19-16-,21-18-,25-22-,30-27-,31-28-,35-33-,40-37-,49-46-. The van der Waals surface area contributed by atoms with E-state index in [4.69, 9.17) is 14.2 Å². The van der Waals surface area contributed by atoms with E-state index >= 15 is 0 Å². The highest BCUT2D eigenvalue weighted by Gasteiger charge is 2.19. The first-order valence-electron chi connectivity index (χ1n) is 28.1. The van der Waals surface area contributed by atoms with Crippen LogP contribution in [0.25, 0.3) is 0 Å². The fourth-order valence-electron chi connectivity index (χ4n) is 7.40. The van der Waals surface area contributed by atoms with Gasteiger partial charge in [-0.05, 0) is 70.6 Å². The predicted molar refractivity (Wildman–Crippen MR) is 297 cm³/mol. The molecular weight excluding hydrogens is 853 g/mol. The Morgan fingerprint density at radius 2 is 0.681 bits per heavy atom. The minimum absolute atomic E-state index is 0.116. The Labute approximate surface area is 424 Å². The average molecular weight is 956 g/mol. The summed E-state index contributed by atoms with van der Waals surface area (Å²) < 4.78 is 16.8. The Bertz CT molecular complexity index is 1470. The van der Waals surface area contributed by atoms with Gasteiger partial charge >= 0.3 is 17.9 Å². The van der Waals surface area contributed by atoms with E-state index in [0.717, 1.165) is 96.3 Å². The van der Waals surface area contributed by atoms with Crippen LogP contribution in [0.1, 0.15) is 239 Å². The summed E-state index contributed by atoms with van der Waals surface area (Å²) >= 11 is 0. The van der Waals surface area contributed by atoms with Crippen LogP contribution in [0.2, 0.25) is 0 Å². The average Bonchev–Trinajstić information content (AvgIpc) is 3.35. The van der Waals surface area contributed by atoms with Crippen molar-refractivity contribution in [2.24, 2.45) is 0 Å². The number of carbonyl (C=O) groups is 3. The van der Waals surface area contributed by atoms with Crippen molar-refractivity contribution in [3.05, 3.63) is 122 Å². The SMILES string of the molecule is CC/C=C\C/C=C\C/C=C\C/C=C\C/C=C\CCC(=O)OCC(COC(=O)CCCCCCC\C=C/C=C\C=C/C=C\C=C/CCC)OC(=O)CCCCCCCCCCCCCCCCCCC. The van der Waals surface area contributed by atoms with Crippen LogP contribution in [0, 0.1) is 0 Å². The van der Waals surface area contributed by atoms with Crippen molar-refractivity contribution in [1.29, 1.82) is 0 Å². The summed E-state index contributed by atoms with van der Waals surface area (Å²) in [5.74, 6) is -1.02. The minimum Gasteiger partial charge on any atom is -0.462 e. The second-order valence-corrected chi connectivity index (χ2v) is 18.2. The van der Waals surface area contributed by atoms with Gasteiger partial charge in [-0.1, -0.05) is 271 Å². The molecule has 0 rings (SSSR count). The maximum absolute atomic E-state index is 12.9. The highest BCUT2D eigenvalue weighted by Crippen LogP contribution is 2.15. The molecule has 6 nitrogen and oxygen atoms in total. The third kappa shape index (κ3) is 54.6. The number of carbonyl (C=O) groups excluding carboxylic acids is 3. The van der Waals surface area contributed by atoms with Crippen molar-refractivity contribution in [1.82, 2.24) is 0 Å². The zero-order valence-electron chi connectivity index (χ0n) is 44.5. The van der Waals surface area contributed by atoms with Gasteiger partial charge in [-0.3, -0.25) is 14.4 Å². The molecule has 0 aromatic carbocycles. The number of esters is 3. The molecule has 0 N–H and O–H groups in total. The predicted octanol–water partition coefficient (Wildman–Crippen LogP) is 18.9. The van der Waals surface area contributed by atoms with Gasteiger partial charge in [0.15, 0.2) is 6.10 Å². The van der Waals surface area contributed by atoms with Crippen molar-refractivity contribution in [2.75, 3.05) is 13.2 Å². The van der Waals surface area contributed by atoms with Crippen LogP contribution in [0.3, 0.4) is 0 Å². The molecule has 0 bridgehead atoms. The monoisotopic (exact) mass is 955 g/mol. The lowest BCUT2D eigenvalue weighted by atomic mass is 10.0. The molecule has 0 aliphatic heterocycles. The molecule has 0 saturated heterocycles. The molecule has 0 saturated carbocycles. The van der Waals surface area contributed by atoms with Crippen LogP contribution < -0.4 is 0 Å². The summed E-state index contributed by atoms with van der Waals surface area (Å²) in [6.07, 6.45) is 77.6. The molecule has 1 unspecified atom stereocenters. The summed E-state index contributed by atoms with van der Waals surface area (Å²) in [5, 5.41) is 0. The Kier molecular flexibility index (Phi) is 53.0. The topological polar surface area (TPSA) is 78.9 Å². The van der Waals surface area contributed by atoms with E-state index in [1.165, 1.54) is 96.3 Å². The zero-order chi connectivity index (χ0) is 50.0. The largest absolute Gasteiger partial charge is 0.462 e. The smallest absolute Gasteiger partial charge is 0.306 e. The number of unbranched alkanes of at least 4 members (excludes halogenated alkanes) is 22. The molecule has 0 aromatic heterocycles. The number of allylic oxidation sites excluding steroid dienone is 20. The number of hydrogen-bond acceptors (Lipinski definition) is 6. The quantitative estimate of drug-likeness (QED) is 0.0199. The normalized spacial score (nSPS) is 13.0. The number of rotatable bonds is 49. The first kappa shape index (κ1) is 64.8. The van der Waals surface area contributed by atoms with Gasteiger partial charge in [-0.25, -0.2) is 0 Å². The Balaban J connectivity index is 4.54. The fourth-order valence-corrected chi connectivity index (χ4v) is 7.40. The van der Waals surface area contributed by atoms with E-state index in [1.807, 2.05) is 30.4 Å². The van der Waals surface area contributed by atoms with Crippen molar-refractivity contribution in [2.45, 2.75) is 245 Å². The Hall–Kier alpha value is -4.19. The highest BCUT2D eigenvalue weighted by molar-refractivity contribution is 5.71.